The molecule has 0 aromatic carbocycles. The maximum atomic E-state index is 13.2. The molecule has 2 saturated heterocycles. The minimum atomic E-state index is -3.19. The molecule has 1 spiro atoms. The fourth-order valence-electron chi connectivity index (χ4n) is 5.02. The molecular formula is C19H34N2O3S. The molecule has 0 aromatic heterocycles. The molecule has 1 saturated carbocycles. The van der Waals surface area contributed by atoms with Crippen LogP contribution >= 0.6 is 0 Å². The summed E-state index contributed by atoms with van der Waals surface area (Å²) >= 11 is 0. The molecule has 3 fully saturated rings. The standard InChI is InChI=1S/C19H34N2O3S/c1-2-15-25(23,24)21-14-11-19(16-21)10-6-12-20(18(19)22)13-9-17-7-4-3-5-8-17/h17H,2-16H2,1H3/t19-/m0/s1. The third kappa shape index (κ3) is 4.21. The quantitative estimate of drug-likeness (QED) is 0.722. The summed E-state index contributed by atoms with van der Waals surface area (Å²) in [7, 11) is -3.19. The summed E-state index contributed by atoms with van der Waals surface area (Å²) in [6.07, 6.45) is 11.0. The summed E-state index contributed by atoms with van der Waals surface area (Å²) in [6.45, 7) is 4.54. The molecule has 0 aromatic rings. The lowest BCUT2D eigenvalue weighted by atomic mass is 9.78. The second-order valence-corrected chi connectivity index (χ2v) is 10.5. The van der Waals surface area contributed by atoms with Gasteiger partial charge in [0.25, 0.3) is 0 Å². The number of sulfonamides is 1. The summed E-state index contributed by atoms with van der Waals surface area (Å²) in [5.74, 6) is 1.20. The number of carbonyl (C=O) groups is 1. The maximum absolute atomic E-state index is 13.2. The highest BCUT2D eigenvalue weighted by atomic mass is 32.2. The van der Waals surface area contributed by atoms with Gasteiger partial charge in [-0.25, -0.2) is 12.7 Å². The predicted octanol–water partition coefficient (Wildman–Crippen LogP) is 3.01. The van der Waals surface area contributed by atoms with Gasteiger partial charge in [-0.2, -0.15) is 0 Å². The molecule has 1 aliphatic carbocycles. The number of carbonyl (C=O) groups excluding carboxylic acids is 1. The van der Waals surface area contributed by atoms with E-state index in [2.05, 4.69) is 0 Å². The Bertz CT molecular complexity index is 571. The maximum Gasteiger partial charge on any atom is 0.230 e. The van der Waals surface area contributed by atoms with Crippen molar-refractivity contribution in [2.45, 2.75) is 71.1 Å². The Balaban J connectivity index is 1.60. The molecule has 144 valence electrons. The molecule has 1 atom stereocenters. The smallest absolute Gasteiger partial charge is 0.230 e. The van der Waals surface area contributed by atoms with Gasteiger partial charge in [-0.05, 0) is 38.0 Å². The van der Waals surface area contributed by atoms with Gasteiger partial charge in [0.1, 0.15) is 0 Å². The van der Waals surface area contributed by atoms with Crippen molar-refractivity contribution in [3.63, 3.8) is 0 Å². The lowest BCUT2D eigenvalue weighted by Crippen LogP contribution is -2.50. The van der Waals surface area contributed by atoms with E-state index in [1.807, 2.05) is 11.8 Å². The second-order valence-electron chi connectivity index (χ2n) is 8.37. The molecule has 2 aliphatic heterocycles. The van der Waals surface area contributed by atoms with Crippen LogP contribution in [0.2, 0.25) is 0 Å². The molecule has 0 N–H and O–H groups in total. The van der Waals surface area contributed by atoms with E-state index in [-0.39, 0.29) is 11.7 Å². The predicted molar refractivity (Wildman–Crippen MR) is 99.7 cm³/mol. The van der Waals surface area contributed by atoms with Crippen molar-refractivity contribution in [2.24, 2.45) is 11.3 Å². The van der Waals surface area contributed by atoms with Crippen LogP contribution in [0.5, 0.6) is 0 Å². The van der Waals surface area contributed by atoms with Crippen molar-refractivity contribution in [3.8, 4) is 0 Å². The van der Waals surface area contributed by atoms with Crippen LogP contribution in [0.15, 0.2) is 0 Å². The number of rotatable bonds is 6. The van der Waals surface area contributed by atoms with Crippen molar-refractivity contribution in [1.29, 1.82) is 0 Å². The summed E-state index contributed by atoms with van der Waals surface area (Å²) in [6, 6.07) is 0. The fraction of sp³-hybridized carbons (Fsp3) is 0.947. The Kier molecular flexibility index (Phi) is 6.09. The number of nitrogens with zero attached hydrogens (tertiary/aromatic N) is 2. The monoisotopic (exact) mass is 370 g/mol. The Labute approximate surface area is 153 Å². The molecule has 3 rings (SSSR count). The minimum Gasteiger partial charge on any atom is -0.342 e. The van der Waals surface area contributed by atoms with E-state index in [9.17, 15) is 13.2 Å². The summed E-state index contributed by atoms with van der Waals surface area (Å²) in [5, 5.41) is 0. The van der Waals surface area contributed by atoms with Crippen LogP contribution in [-0.2, 0) is 14.8 Å². The SMILES string of the molecule is CCCS(=O)(=O)N1CC[C@@]2(CCCN(CCC3CCCCC3)C2=O)C1. The van der Waals surface area contributed by atoms with Gasteiger partial charge in [0.05, 0.1) is 11.2 Å². The van der Waals surface area contributed by atoms with Gasteiger partial charge in [-0.3, -0.25) is 4.79 Å². The van der Waals surface area contributed by atoms with Crippen molar-refractivity contribution >= 4 is 15.9 Å². The van der Waals surface area contributed by atoms with Crippen molar-refractivity contribution in [3.05, 3.63) is 0 Å². The highest BCUT2D eigenvalue weighted by Gasteiger charge is 2.50. The van der Waals surface area contributed by atoms with E-state index in [0.717, 1.165) is 38.3 Å². The van der Waals surface area contributed by atoms with Crippen molar-refractivity contribution in [2.75, 3.05) is 31.9 Å². The highest BCUT2D eigenvalue weighted by molar-refractivity contribution is 7.89. The molecule has 5 nitrogen and oxygen atoms in total. The average molecular weight is 371 g/mol. The average Bonchev–Trinajstić information content (AvgIpc) is 3.03. The Hall–Kier alpha value is -0.620. The second kappa shape index (κ2) is 7.95. The Morgan fingerprint density at radius 2 is 1.84 bits per heavy atom. The normalized spacial score (nSPS) is 29.6. The van der Waals surface area contributed by atoms with Crippen LogP contribution < -0.4 is 0 Å². The molecule has 25 heavy (non-hydrogen) atoms. The first-order chi connectivity index (χ1) is 12.0. The third-order valence-electron chi connectivity index (χ3n) is 6.53. The molecule has 0 radical (unpaired) electrons. The highest BCUT2D eigenvalue weighted by Crippen LogP contribution is 2.41. The van der Waals surface area contributed by atoms with Gasteiger partial charge in [0.15, 0.2) is 0 Å². The van der Waals surface area contributed by atoms with Crippen molar-refractivity contribution in [1.82, 2.24) is 9.21 Å². The molecule has 1 amide bonds. The minimum absolute atomic E-state index is 0.197. The van der Waals surface area contributed by atoms with E-state index in [1.54, 1.807) is 4.31 Å². The van der Waals surface area contributed by atoms with Gasteiger partial charge in [-0.1, -0.05) is 39.0 Å². The van der Waals surface area contributed by atoms with Crippen molar-refractivity contribution < 1.29 is 13.2 Å². The third-order valence-corrected chi connectivity index (χ3v) is 8.55. The van der Waals surface area contributed by atoms with Gasteiger partial charge in [0, 0.05) is 26.2 Å². The van der Waals surface area contributed by atoms with E-state index in [0.29, 0.717) is 25.9 Å². The topological polar surface area (TPSA) is 57.7 Å². The molecule has 3 aliphatic rings. The summed E-state index contributed by atoms with van der Waals surface area (Å²) < 4.78 is 26.3. The van der Waals surface area contributed by atoms with Crippen LogP contribution in [0.4, 0.5) is 0 Å². The summed E-state index contributed by atoms with van der Waals surface area (Å²) in [5.41, 5.74) is -0.439. The van der Waals surface area contributed by atoms with Gasteiger partial charge >= 0.3 is 0 Å². The first-order valence-corrected chi connectivity index (χ1v) is 11.8. The lowest BCUT2D eigenvalue weighted by molar-refractivity contribution is -0.145. The van der Waals surface area contributed by atoms with Gasteiger partial charge in [0.2, 0.25) is 15.9 Å². The first-order valence-electron chi connectivity index (χ1n) is 10.2. The van der Waals surface area contributed by atoms with Gasteiger partial charge in [-0.15, -0.1) is 0 Å². The molecule has 0 unspecified atom stereocenters. The number of piperidine rings is 1. The molecule has 2 heterocycles. The van der Waals surface area contributed by atoms with Crippen LogP contribution in [0.1, 0.15) is 71.1 Å². The number of hydrogen-bond acceptors (Lipinski definition) is 3. The first kappa shape index (κ1) is 19.2. The molecule has 0 bridgehead atoms. The van der Waals surface area contributed by atoms with Crippen LogP contribution in [-0.4, -0.2) is 55.5 Å². The zero-order valence-electron chi connectivity index (χ0n) is 15.7. The summed E-state index contributed by atoms with van der Waals surface area (Å²) in [4.78, 5) is 15.2. The van der Waals surface area contributed by atoms with E-state index >= 15 is 0 Å². The number of amides is 1. The lowest BCUT2D eigenvalue weighted by Gasteiger charge is -2.40. The fourth-order valence-corrected chi connectivity index (χ4v) is 6.60. The van der Waals surface area contributed by atoms with Crippen LogP contribution in [0.25, 0.3) is 0 Å². The van der Waals surface area contributed by atoms with E-state index < -0.39 is 15.4 Å². The molecule has 6 heteroatoms. The van der Waals surface area contributed by atoms with E-state index in [1.165, 1.54) is 32.1 Å². The number of hydrogen-bond donors (Lipinski definition) is 0. The largest absolute Gasteiger partial charge is 0.342 e. The molecular weight excluding hydrogens is 336 g/mol. The van der Waals surface area contributed by atoms with E-state index in [4.69, 9.17) is 0 Å². The van der Waals surface area contributed by atoms with Crippen LogP contribution in [0.3, 0.4) is 0 Å². The zero-order chi connectivity index (χ0) is 17.9. The Morgan fingerprint density at radius 3 is 2.56 bits per heavy atom. The number of likely N-dealkylation sites (tertiary alicyclic amines) is 1. The zero-order valence-corrected chi connectivity index (χ0v) is 16.5. The Morgan fingerprint density at radius 1 is 1.08 bits per heavy atom. The van der Waals surface area contributed by atoms with Crippen LogP contribution in [0, 0.1) is 11.3 Å². The van der Waals surface area contributed by atoms with Gasteiger partial charge < -0.3 is 4.90 Å².